The molecule has 0 fully saturated rings. The first-order chi connectivity index (χ1) is 16.1. The highest BCUT2D eigenvalue weighted by Crippen LogP contribution is 2.41. The van der Waals surface area contributed by atoms with Gasteiger partial charge >= 0.3 is 12.1 Å². The van der Waals surface area contributed by atoms with E-state index in [-0.39, 0.29) is 5.92 Å². The highest BCUT2D eigenvalue weighted by molar-refractivity contribution is 7.19. The first-order valence-corrected chi connectivity index (χ1v) is 12.1. The summed E-state index contributed by atoms with van der Waals surface area (Å²) in [7, 11) is 0. The third-order valence-electron chi connectivity index (χ3n) is 5.81. The molecule has 0 bridgehead atoms. The molecule has 0 saturated heterocycles. The van der Waals surface area contributed by atoms with E-state index < -0.39 is 24.3 Å². The zero-order valence-electron chi connectivity index (χ0n) is 19.5. The van der Waals surface area contributed by atoms with Crippen molar-refractivity contribution in [2.45, 2.75) is 58.5 Å². The fourth-order valence-electron chi connectivity index (χ4n) is 4.00. The number of ether oxygens (including phenoxy) is 2. The van der Waals surface area contributed by atoms with Crippen molar-refractivity contribution in [2.24, 2.45) is 0 Å². The van der Waals surface area contributed by atoms with Gasteiger partial charge in [-0.2, -0.15) is 13.2 Å². The zero-order valence-corrected chi connectivity index (χ0v) is 20.3. The van der Waals surface area contributed by atoms with Crippen molar-refractivity contribution < 1.29 is 32.5 Å². The largest absolute Gasteiger partial charge is 0.494 e. The second-order valence-electron chi connectivity index (χ2n) is 8.39. The van der Waals surface area contributed by atoms with Crippen LogP contribution in [-0.2, 0) is 11.0 Å². The quantitative estimate of drug-likeness (QED) is 0.296. The van der Waals surface area contributed by atoms with Crippen molar-refractivity contribution in [1.29, 1.82) is 0 Å². The Morgan fingerprint density at radius 2 is 1.85 bits per heavy atom. The maximum atomic E-state index is 13.2. The van der Waals surface area contributed by atoms with E-state index >= 15 is 0 Å². The number of alkyl halides is 3. The molecule has 0 amide bonds. The first-order valence-electron chi connectivity index (χ1n) is 11.3. The molecule has 0 spiro atoms. The van der Waals surface area contributed by atoms with Gasteiger partial charge in [0.2, 0.25) is 0 Å². The van der Waals surface area contributed by atoms with Gasteiger partial charge in [-0.1, -0.05) is 25.8 Å². The first kappa shape index (κ1) is 25.9. The van der Waals surface area contributed by atoms with Crippen molar-refractivity contribution in [3.8, 4) is 11.5 Å². The monoisotopic (exact) mass is 494 g/mol. The molecule has 3 aromatic rings. The molecule has 2 aromatic carbocycles. The van der Waals surface area contributed by atoms with Crippen LogP contribution in [0.3, 0.4) is 0 Å². The van der Waals surface area contributed by atoms with Crippen LogP contribution in [0, 0.1) is 13.8 Å². The fourth-order valence-corrected chi connectivity index (χ4v) is 5.42. The number of thiophene rings is 1. The van der Waals surface area contributed by atoms with Crippen LogP contribution in [0.15, 0.2) is 36.4 Å². The van der Waals surface area contributed by atoms with Crippen LogP contribution in [0.5, 0.6) is 11.5 Å². The standard InChI is InChI=1S/C26H29F3O4S/c1-4-5-6-18(11-12-32-20-8-10-22(16(2)13-20)33-15-24(30)31)25-17(3)21-9-7-19(26(27,28)29)14-23(21)34-25/h7-10,13-14,18H,4-6,11-12,15H2,1-3H3,(H,30,31). The van der Waals surface area contributed by atoms with Crippen LogP contribution in [0.2, 0.25) is 0 Å². The molecule has 0 aliphatic carbocycles. The minimum atomic E-state index is -4.35. The lowest BCUT2D eigenvalue weighted by molar-refractivity contribution is -0.139. The van der Waals surface area contributed by atoms with E-state index in [0.29, 0.717) is 22.8 Å². The Bertz CT molecular complexity index is 1140. The Balaban J connectivity index is 1.73. The molecule has 0 saturated carbocycles. The molecule has 1 N–H and O–H groups in total. The number of aryl methyl sites for hydroxylation is 2. The number of hydrogen-bond donors (Lipinski definition) is 1. The summed E-state index contributed by atoms with van der Waals surface area (Å²) < 4.78 is 51.4. The smallest absolute Gasteiger partial charge is 0.416 e. The van der Waals surface area contributed by atoms with Gasteiger partial charge in [0.25, 0.3) is 0 Å². The van der Waals surface area contributed by atoms with Crippen LogP contribution in [0.25, 0.3) is 10.1 Å². The maximum absolute atomic E-state index is 13.2. The molecule has 1 aromatic heterocycles. The van der Waals surface area contributed by atoms with Gasteiger partial charge in [0.1, 0.15) is 11.5 Å². The fraction of sp³-hybridized carbons (Fsp3) is 0.423. The lowest BCUT2D eigenvalue weighted by Gasteiger charge is -2.17. The number of fused-ring (bicyclic) bond motifs is 1. The van der Waals surface area contributed by atoms with E-state index in [1.165, 1.54) is 17.4 Å². The Morgan fingerprint density at radius 3 is 2.50 bits per heavy atom. The molecular weight excluding hydrogens is 465 g/mol. The molecule has 0 aliphatic rings. The molecule has 1 atom stereocenters. The number of carboxylic acid groups (broad SMARTS) is 1. The molecule has 0 aliphatic heterocycles. The minimum Gasteiger partial charge on any atom is -0.494 e. The summed E-state index contributed by atoms with van der Waals surface area (Å²) >= 11 is 1.45. The summed E-state index contributed by atoms with van der Waals surface area (Å²) in [5, 5.41) is 9.64. The van der Waals surface area contributed by atoms with E-state index in [0.717, 1.165) is 53.1 Å². The molecule has 4 nitrogen and oxygen atoms in total. The third kappa shape index (κ3) is 6.44. The zero-order chi connectivity index (χ0) is 24.9. The molecule has 0 radical (unpaired) electrons. The number of carboxylic acids is 1. The molecule has 1 unspecified atom stereocenters. The lowest BCUT2D eigenvalue weighted by atomic mass is 9.94. The topological polar surface area (TPSA) is 55.8 Å². The Morgan fingerprint density at radius 1 is 1.09 bits per heavy atom. The van der Waals surface area contributed by atoms with E-state index in [1.807, 2.05) is 19.9 Å². The van der Waals surface area contributed by atoms with E-state index in [4.69, 9.17) is 14.6 Å². The van der Waals surface area contributed by atoms with Crippen LogP contribution in [-0.4, -0.2) is 24.3 Å². The predicted molar refractivity (Wildman–Crippen MR) is 128 cm³/mol. The van der Waals surface area contributed by atoms with Gasteiger partial charge < -0.3 is 14.6 Å². The Kier molecular flexibility index (Phi) is 8.47. The van der Waals surface area contributed by atoms with Gasteiger partial charge in [-0.3, -0.25) is 0 Å². The van der Waals surface area contributed by atoms with Crippen LogP contribution in [0.1, 0.15) is 60.1 Å². The maximum Gasteiger partial charge on any atom is 0.416 e. The van der Waals surface area contributed by atoms with Gasteiger partial charge in [0, 0.05) is 9.58 Å². The highest BCUT2D eigenvalue weighted by atomic mass is 32.1. The van der Waals surface area contributed by atoms with Gasteiger partial charge in [0.05, 0.1) is 12.2 Å². The average Bonchev–Trinajstić information content (AvgIpc) is 3.10. The summed E-state index contributed by atoms with van der Waals surface area (Å²) in [6, 6.07) is 9.23. The number of benzene rings is 2. The SMILES string of the molecule is CCCCC(CCOc1ccc(OCC(=O)O)c(C)c1)c1sc2cc(C(F)(F)F)ccc2c1C. The molecule has 1 heterocycles. The van der Waals surface area contributed by atoms with Gasteiger partial charge in [-0.05, 0) is 79.5 Å². The molecule has 34 heavy (non-hydrogen) atoms. The molecule has 3 rings (SSSR count). The van der Waals surface area contributed by atoms with Crippen molar-refractivity contribution in [2.75, 3.05) is 13.2 Å². The van der Waals surface area contributed by atoms with Crippen molar-refractivity contribution in [3.63, 3.8) is 0 Å². The molecule has 8 heteroatoms. The number of hydrogen-bond acceptors (Lipinski definition) is 4. The van der Waals surface area contributed by atoms with Gasteiger partial charge in [-0.15, -0.1) is 11.3 Å². The van der Waals surface area contributed by atoms with Crippen molar-refractivity contribution in [1.82, 2.24) is 0 Å². The summed E-state index contributed by atoms with van der Waals surface area (Å²) in [5.74, 6) is 0.321. The van der Waals surface area contributed by atoms with Crippen LogP contribution >= 0.6 is 11.3 Å². The predicted octanol–water partition coefficient (Wildman–Crippen LogP) is 7.74. The summed E-state index contributed by atoms with van der Waals surface area (Å²) in [4.78, 5) is 11.8. The second-order valence-corrected chi connectivity index (χ2v) is 9.47. The van der Waals surface area contributed by atoms with Crippen molar-refractivity contribution in [3.05, 3.63) is 58.0 Å². The number of unbranched alkanes of at least 4 members (excludes halogenated alkanes) is 1. The number of aliphatic carboxylic acids is 1. The normalized spacial score (nSPS) is 12.6. The summed E-state index contributed by atoms with van der Waals surface area (Å²) in [6.07, 6.45) is -0.595. The Hall–Kier alpha value is -2.74. The summed E-state index contributed by atoms with van der Waals surface area (Å²) in [6.45, 7) is 5.99. The summed E-state index contributed by atoms with van der Waals surface area (Å²) in [5.41, 5.74) is 1.21. The Labute approximate surface area is 201 Å². The van der Waals surface area contributed by atoms with E-state index in [1.54, 1.807) is 18.2 Å². The van der Waals surface area contributed by atoms with Gasteiger partial charge in [0.15, 0.2) is 6.61 Å². The van der Waals surface area contributed by atoms with Crippen LogP contribution < -0.4 is 9.47 Å². The average molecular weight is 495 g/mol. The third-order valence-corrected chi connectivity index (χ3v) is 7.23. The minimum absolute atomic E-state index is 0.200. The van der Waals surface area contributed by atoms with Crippen molar-refractivity contribution >= 4 is 27.4 Å². The van der Waals surface area contributed by atoms with Crippen LogP contribution in [0.4, 0.5) is 13.2 Å². The van der Waals surface area contributed by atoms with E-state index in [9.17, 15) is 18.0 Å². The molecule has 184 valence electrons. The lowest BCUT2D eigenvalue weighted by Crippen LogP contribution is -2.10. The number of carbonyl (C=O) groups is 1. The second kappa shape index (κ2) is 11.1. The molecular formula is C26H29F3O4S. The van der Waals surface area contributed by atoms with E-state index in [2.05, 4.69) is 6.92 Å². The number of halogens is 3. The number of rotatable bonds is 11. The highest BCUT2D eigenvalue weighted by Gasteiger charge is 2.31. The van der Waals surface area contributed by atoms with Gasteiger partial charge in [-0.25, -0.2) is 4.79 Å².